The van der Waals surface area contributed by atoms with Crippen LogP contribution in [0, 0.1) is 11.8 Å². The highest BCUT2D eigenvalue weighted by Crippen LogP contribution is 2.03. The maximum atomic E-state index is 10.3. The van der Waals surface area contributed by atoms with Crippen LogP contribution in [0.3, 0.4) is 0 Å². The molecule has 1 heterocycles. The lowest BCUT2D eigenvalue weighted by Gasteiger charge is -1.88. The van der Waals surface area contributed by atoms with Crippen molar-refractivity contribution in [1.82, 2.24) is 9.97 Å². The Hall–Kier alpha value is -1.41. The lowest BCUT2D eigenvalue weighted by atomic mass is 10.4. The summed E-state index contributed by atoms with van der Waals surface area (Å²) in [6.07, 6.45) is 3.20. The number of nitrogens with two attached hydrogens (primary N) is 1. The second-order valence-corrected chi connectivity index (χ2v) is 3.09. The van der Waals surface area contributed by atoms with E-state index in [1.807, 2.05) is 0 Å². The summed E-state index contributed by atoms with van der Waals surface area (Å²) in [5, 5.41) is 0. The summed E-state index contributed by atoms with van der Waals surface area (Å²) < 4.78 is 0.785. The van der Waals surface area contributed by atoms with Gasteiger partial charge in [0.15, 0.2) is 0 Å². The first kappa shape index (κ1) is 9.68. The van der Waals surface area contributed by atoms with Crippen molar-refractivity contribution in [3.8, 4) is 11.8 Å². The van der Waals surface area contributed by atoms with E-state index >= 15 is 0 Å². The smallest absolute Gasteiger partial charge is 0.229 e. The lowest BCUT2D eigenvalue weighted by molar-refractivity contribution is -0.117. The number of aromatic nitrogens is 2. The predicted molar refractivity (Wildman–Crippen MR) is 50.4 cm³/mol. The van der Waals surface area contributed by atoms with Crippen LogP contribution in [0.4, 0.5) is 0 Å². The van der Waals surface area contributed by atoms with Crippen LogP contribution in [-0.2, 0) is 4.79 Å². The fourth-order valence-corrected chi connectivity index (χ4v) is 0.792. The molecule has 0 unspecified atom stereocenters. The van der Waals surface area contributed by atoms with Crippen molar-refractivity contribution in [3.63, 3.8) is 0 Å². The molecule has 0 bridgehead atoms. The van der Waals surface area contributed by atoms with E-state index in [-0.39, 0.29) is 6.42 Å². The molecule has 2 N–H and O–H groups in total. The molecule has 0 aliphatic rings. The largest absolute Gasteiger partial charge is 0.369 e. The van der Waals surface area contributed by atoms with Crippen molar-refractivity contribution in [3.05, 3.63) is 22.7 Å². The van der Waals surface area contributed by atoms with Gasteiger partial charge in [-0.25, -0.2) is 9.97 Å². The number of carbonyl (C=O) groups excluding carboxylic acids is 1. The van der Waals surface area contributed by atoms with Crippen LogP contribution >= 0.6 is 15.9 Å². The first-order chi connectivity index (χ1) is 6.18. The van der Waals surface area contributed by atoms with Crippen LogP contribution in [0.1, 0.15) is 12.2 Å². The summed E-state index contributed by atoms with van der Waals surface area (Å²) in [5.74, 6) is 5.09. The quantitative estimate of drug-likeness (QED) is 0.725. The van der Waals surface area contributed by atoms with Crippen LogP contribution in [0.15, 0.2) is 16.9 Å². The molecule has 0 saturated heterocycles. The average molecular weight is 240 g/mol. The highest BCUT2D eigenvalue weighted by atomic mass is 79.9. The molecular weight excluding hydrogens is 234 g/mol. The molecule has 0 spiro atoms. The zero-order valence-corrected chi connectivity index (χ0v) is 8.21. The number of carbonyl (C=O) groups is 1. The van der Waals surface area contributed by atoms with Crippen molar-refractivity contribution in [2.24, 2.45) is 5.73 Å². The van der Waals surface area contributed by atoms with Gasteiger partial charge in [-0.15, -0.1) is 0 Å². The maximum Gasteiger partial charge on any atom is 0.229 e. The van der Waals surface area contributed by atoms with Crippen LogP contribution < -0.4 is 5.73 Å². The molecular formula is C8H6BrN3O. The molecule has 66 valence electrons. The Labute approximate surface area is 83.7 Å². The normalized spacial score (nSPS) is 8.69. The van der Waals surface area contributed by atoms with Crippen molar-refractivity contribution >= 4 is 21.8 Å². The average Bonchev–Trinajstić information content (AvgIpc) is 2.08. The minimum Gasteiger partial charge on any atom is -0.369 e. The van der Waals surface area contributed by atoms with Crippen molar-refractivity contribution in [2.75, 3.05) is 0 Å². The SMILES string of the molecule is NC(=O)CC#Cc1ncc(Br)cn1. The van der Waals surface area contributed by atoms with Gasteiger partial charge in [0.2, 0.25) is 11.7 Å². The number of hydrogen-bond donors (Lipinski definition) is 1. The summed E-state index contributed by atoms with van der Waals surface area (Å²) in [4.78, 5) is 18.1. The molecule has 5 heteroatoms. The third-order valence-corrected chi connectivity index (χ3v) is 1.49. The molecule has 1 aromatic rings. The fraction of sp³-hybridized carbons (Fsp3) is 0.125. The molecule has 1 amide bonds. The molecule has 13 heavy (non-hydrogen) atoms. The minimum atomic E-state index is -0.454. The van der Waals surface area contributed by atoms with E-state index in [2.05, 4.69) is 37.7 Å². The highest BCUT2D eigenvalue weighted by Gasteiger charge is 1.90. The molecule has 0 aliphatic carbocycles. The maximum absolute atomic E-state index is 10.3. The van der Waals surface area contributed by atoms with E-state index in [0.29, 0.717) is 5.82 Å². The van der Waals surface area contributed by atoms with Gasteiger partial charge in [0, 0.05) is 12.4 Å². The van der Waals surface area contributed by atoms with E-state index in [0.717, 1.165) is 4.47 Å². The summed E-state index contributed by atoms with van der Waals surface area (Å²) >= 11 is 3.19. The van der Waals surface area contributed by atoms with Gasteiger partial charge in [-0.1, -0.05) is 5.92 Å². The number of primary amides is 1. The molecule has 1 rings (SSSR count). The Bertz CT molecular complexity index is 363. The Balaban J connectivity index is 2.67. The van der Waals surface area contributed by atoms with Crippen molar-refractivity contribution in [2.45, 2.75) is 6.42 Å². The summed E-state index contributed by atoms with van der Waals surface area (Å²) in [5.41, 5.74) is 4.89. The monoisotopic (exact) mass is 239 g/mol. The first-order valence-electron chi connectivity index (χ1n) is 3.43. The molecule has 0 atom stereocenters. The van der Waals surface area contributed by atoms with Crippen molar-refractivity contribution < 1.29 is 4.79 Å². The van der Waals surface area contributed by atoms with Gasteiger partial charge in [-0.2, -0.15) is 0 Å². The Morgan fingerprint density at radius 3 is 2.69 bits per heavy atom. The van der Waals surface area contributed by atoms with Gasteiger partial charge in [-0.3, -0.25) is 4.79 Å². The number of halogens is 1. The van der Waals surface area contributed by atoms with E-state index in [1.165, 1.54) is 0 Å². The van der Waals surface area contributed by atoms with Crippen LogP contribution in [0.25, 0.3) is 0 Å². The minimum absolute atomic E-state index is 0.0272. The molecule has 0 saturated carbocycles. The highest BCUT2D eigenvalue weighted by molar-refractivity contribution is 9.10. The summed E-state index contributed by atoms with van der Waals surface area (Å²) in [7, 11) is 0. The third kappa shape index (κ3) is 3.67. The van der Waals surface area contributed by atoms with Gasteiger partial charge >= 0.3 is 0 Å². The zero-order valence-electron chi connectivity index (χ0n) is 6.62. The molecule has 0 radical (unpaired) electrons. The molecule has 0 aromatic carbocycles. The standard InChI is InChI=1S/C8H6BrN3O/c9-6-4-11-8(12-5-6)3-1-2-7(10)13/h4-5H,2H2,(H2,10,13). The Morgan fingerprint density at radius 2 is 2.15 bits per heavy atom. The molecule has 0 aliphatic heterocycles. The molecule has 0 fully saturated rings. The van der Waals surface area contributed by atoms with Gasteiger partial charge in [0.1, 0.15) is 0 Å². The predicted octanol–water partition coefficient (Wildman–Crippen LogP) is 0.466. The van der Waals surface area contributed by atoms with Gasteiger partial charge in [0.05, 0.1) is 10.9 Å². The fourth-order valence-electron chi connectivity index (χ4n) is 0.587. The van der Waals surface area contributed by atoms with Crippen LogP contribution in [0.2, 0.25) is 0 Å². The van der Waals surface area contributed by atoms with E-state index < -0.39 is 5.91 Å². The van der Waals surface area contributed by atoms with E-state index in [1.54, 1.807) is 12.4 Å². The van der Waals surface area contributed by atoms with Crippen LogP contribution in [0.5, 0.6) is 0 Å². The third-order valence-electron chi connectivity index (χ3n) is 1.08. The molecule has 4 nitrogen and oxygen atoms in total. The van der Waals surface area contributed by atoms with Crippen LogP contribution in [-0.4, -0.2) is 15.9 Å². The first-order valence-corrected chi connectivity index (χ1v) is 4.22. The van der Waals surface area contributed by atoms with Gasteiger partial charge in [0.25, 0.3) is 0 Å². The molecule has 1 aromatic heterocycles. The van der Waals surface area contributed by atoms with E-state index in [9.17, 15) is 4.79 Å². The number of nitrogens with zero attached hydrogens (tertiary/aromatic N) is 2. The Morgan fingerprint density at radius 1 is 1.54 bits per heavy atom. The van der Waals surface area contributed by atoms with Crippen molar-refractivity contribution in [1.29, 1.82) is 0 Å². The number of hydrogen-bond acceptors (Lipinski definition) is 3. The topological polar surface area (TPSA) is 68.9 Å². The second-order valence-electron chi connectivity index (χ2n) is 2.17. The number of amides is 1. The zero-order chi connectivity index (χ0) is 9.68. The second kappa shape index (κ2) is 4.58. The number of rotatable bonds is 1. The lowest BCUT2D eigenvalue weighted by Crippen LogP contribution is -2.08. The summed E-state index contributed by atoms with van der Waals surface area (Å²) in [6, 6.07) is 0. The van der Waals surface area contributed by atoms with Gasteiger partial charge < -0.3 is 5.73 Å². The van der Waals surface area contributed by atoms with E-state index in [4.69, 9.17) is 5.73 Å². The summed E-state index contributed by atoms with van der Waals surface area (Å²) in [6.45, 7) is 0. The van der Waals surface area contributed by atoms with Gasteiger partial charge in [-0.05, 0) is 21.9 Å². The Kier molecular flexibility index (Phi) is 3.41.